The molecule has 0 aromatic heterocycles. The zero-order valence-electron chi connectivity index (χ0n) is 8.85. The Morgan fingerprint density at radius 1 is 1.23 bits per heavy atom. The van der Waals surface area contributed by atoms with Crippen LogP contribution in [0.5, 0.6) is 0 Å². The van der Waals surface area contributed by atoms with Crippen molar-refractivity contribution in [3.63, 3.8) is 0 Å². The minimum atomic E-state index is 1.13. The highest BCUT2D eigenvalue weighted by Crippen LogP contribution is 2.11. The van der Waals surface area contributed by atoms with Crippen molar-refractivity contribution in [3.8, 4) is 0 Å². The molecular formula is C11H20N2+2. The van der Waals surface area contributed by atoms with Gasteiger partial charge in [-0.05, 0) is 20.8 Å². The number of nitrogens with one attached hydrogen (secondary N) is 1. The predicted octanol–water partition coefficient (Wildman–Crippen LogP) is 0.425. The maximum absolute atomic E-state index is 3.96. The summed E-state index contributed by atoms with van der Waals surface area (Å²) in [4.78, 5) is 1.53. The number of hydrogen-bond donors (Lipinski definition) is 2. The van der Waals surface area contributed by atoms with Crippen molar-refractivity contribution in [2.75, 3.05) is 13.1 Å². The van der Waals surface area contributed by atoms with Crippen LogP contribution in [0.1, 0.15) is 19.4 Å². The van der Waals surface area contributed by atoms with Gasteiger partial charge in [0.15, 0.2) is 0 Å². The number of aryl methyl sites for hydroxylation is 1. The largest absolute Gasteiger partial charge is 0.325 e. The molecule has 0 radical (unpaired) electrons. The van der Waals surface area contributed by atoms with E-state index >= 15 is 0 Å². The Kier molecular flexibility index (Phi) is 3.46. The molecule has 0 spiro atoms. The highest BCUT2D eigenvalue weighted by Gasteiger charge is 2.08. The van der Waals surface area contributed by atoms with Crippen molar-refractivity contribution in [3.05, 3.63) is 23.8 Å². The lowest BCUT2D eigenvalue weighted by atomic mass is 10.1. The fraction of sp³-hybridized carbons (Fsp3) is 0.455. The lowest BCUT2D eigenvalue weighted by molar-refractivity contribution is -0.828. The van der Waals surface area contributed by atoms with E-state index < -0.39 is 0 Å². The number of benzene rings is 1. The maximum Gasteiger partial charge on any atom is 0.131 e. The summed E-state index contributed by atoms with van der Waals surface area (Å²) in [6.45, 7) is 8.84. The van der Waals surface area contributed by atoms with Gasteiger partial charge in [-0.25, -0.2) is 0 Å². The van der Waals surface area contributed by atoms with Crippen LogP contribution in [0.2, 0.25) is 0 Å². The van der Waals surface area contributed by atoms with E-state index in [1.54, 1.807) is 0 Å². The molecule has 0 aliphatic carbocycles. The number of rotatable bonds is 3. The van der Waals surface area contributed by atoms with Crippen LogP contribution in [0.3, 0.4) is 0 Å². The molecule has 1 aromatic rings. The molecule has 0 saturated heterocycles. The molecule has 0 aliphatic rings. The normalized spacial score (nSPS) is 10.8. The molecule has 0 amide bonds. The monoisotopic (exact) mass is 180 g/mol. The zero-order valence-corrected chi connectivity index (χ0v) is 8.85. The van der Waals surface area contributed by atoms with Gasteiger partial charge in [0.05, 0.1) is 13.1 Å². The Balaban J connectivity index is 2.95. The Bertz CT molecular complexity index is 277. The molecule has 0 heterocycles. The highest BCUT2D eigenvalue weighted by atomic mass is 15.1. The Labute approximate surface area is 80.4 Å². The summed E-state index contributed by atoms with van der Waals surface area (Å²) in [5.41, 5.74) is 7.77. The van der Waals surface area contributed by atoms with Crippen LogP contribution in [-0.2, 0) is 0 Å². The van der Waals surface area contributed by atoms with Gasteiger partial charge in [0.1, 0.15) is 11.4 Å². The van der Waals surface area contributed by atoms with Crippen LogP contribution >= 0.6 is 0 Å². The average molecular weight is 180 g/mol. The van der Waals surface area contributed by atoms with E-state index in [1.807, 2.05) is 0 Å². The molecule has 0 aliphatic heterocycles. The predicted molar refractivity (Wildman–Crippen MR) is 55.4 cm³/mol. The van der Waals surface area contributed by atoms with E-state index in [-0.39, 0.29) is 0 Å². The third-order valence-electron chi connectivity index (χ3n) is 2.60. The van der Waals surface area contributed by atoms with Crippen LogP contribution in [0.4, 0.5) is 11.4 Å². The van der Waals surface area contributed by atoms with E-state index in [4.69, 9.17) is 0 Å². The van der Waals surface area contributed by atoms with Gasteiger partial charge in [-0.3, -0.25) is 0 Å². The molecule has 1 rings (SSSR count). The van der Waals surface area contributed by atoms with E-state index in [0.29, 0.717) is 0 Å². The lowest BCUT2D eigenvalue weighted by Crippen LogP contribution is -3.06. The molecular weight excluding hydrogens is 160 g/mol. The SMILES string of the molecule is CC[NH+](CC)c1ccc([NH3+])c(C)c1. The van der Waals surface area contributed by atoms with Gasteiger partial charge in [-0.15, -0.1) is 0 Å². The third kappa shape index (κ3) is 2.29. The van der Waals surface area contributed by atoms with Gasteiger partial charge in [-0.1, -0.05) is 0 Å². The molecule has 4 N–H and O–H groups in total. The highest BCUT2D eigenvalue weighted by molar-refractivity contribution is 5.45. The van der Waals surface area contributed by atoms with Crippen molar-refractivity contribution in [2.45, 2.75) is 20.8 Å². The van der Waals surface area contributed by atoms with E-state index in [0.717, 1.165) is 18.8 Å². The molecule has 0 unspecified atom stereocenters. The minimum Gasteiger partial charge on any atom is -0.325 e. The van der Waals surface area contributed by atoms with Gasteiger partial charge in [-0.2, -0.15) is 0 Å². The first-order valence-electron chi connectivity index (χ1n) is 4.96. The summed E-state index contributed by atoms with van der Waals surface area (Å²) >= 11 is 0. The fourth-order valence-corrected chi connectivity index (χ4v) is 1.57. The van der Waals surface area contributed by atoms with E-state index in [1.165, 1.54) is 16.2 Å². The summed E-state index contributed by atoms with van der Waals surface area (Å²) in [5, 5.41) is 0. The van der Waals surface area contributed by atoms with E-state index in [2.05, 4.69) is 44.7 Å². The first kappa shape index (κ1) is 10.2. The summed E-state index contributed by atoms with van der Waals surface area (Å²) in [6, 6.07) is 6.53. The number of quaternary nitrogens is 2. The van der Waals surface area contributed by atoms with Crippen molar-refractivity contribution in [1.29, 1.82) is 0 Å². The van der Waals surface area contributed by atoms with Gasteiger partial charge < -0.3 is 10.6 Å². The molecule has 2 nitrogen and oxygen atoms in total. The molecule has 0 atom stereocenters. The molecule has 13 heavy (non-hydrogen) atoms. The average Bonchev–Trinajstić information content (AvgIpc) is 2.13. The molecule has 1 aromatic carbocycles. The fourth-order valence-electron chi connectivity index (χ4n) is 1.57. The maximum atomic E-state index is 3.96. The van der Waals surface area contributed by atoms with Crippen molar-refractivity contribution < 1.29 is 10.6 Å². The lowest BCUT2D eigenvalue weighted by Gasteiger charge is -2.14. The second-order valence-corrected chi connectivity index (χ2v) is 3.45. The van der Waals surface area contributed by atoms with Crippen LogP contribution in [-0.4, -0.2) is 13.1 Å². The van der Waals surface area contributed by atoms with Crippen LogP contribution in [0.25, 0.3) is 0 Å². The molecule has 2 heteroatoms. The first-order chi connectivity index (χ1) is 6.19. The Hall–Kier alpha value is -0.860. The summed E-state index contributed by atoms with van der Waals surface area (Å²) in [7, 11) is 0. The van der Waals surface area contributed by atoms with E-state index in [9.17, 15) is 0 Å². The quantitative estimate of drug-likeness (QED) is 0.676. The summed E-state index contributed by atoms with van der Waals surface area (Å²) in [5.74, 6) is 0. The molecule has 0 saturated carbocycles. The van der Waals surface area contributed by atoms with Crippen molar-refractivity contribution in [2.24, 2.45) is 0 Å². The third-order valence-corrected chi connectivity index (χ3v) is 2.60. The standard InChI is InChI=1S/C11H18N2/c1-4-13(5-2)10-6-7-11(12)9(3)8-10/h6-8H,4-5,12H2,1-3H3/p+2. The Morgan fingerprint density at radius 2 is 1.85 bits per heavy atom. The van der Waals surface area contributed by atoms with Crippen LogP contribution < -0.4 is 10.6 Å². The van der Waals surface area contributed by atoms with Crippen LogP contribution in [0.15, 0.2) is 18.2 Å². The second kappa shape index (κ2) is 4.40. The van der Waals surface area contributed by atoms with Gasteiger partial charge >= 0.3 is 0 Å². The Morgan fingerprint density at radius 3 is 2.31 bits per heavy atom. The first-order valence-corrected chi connectivity index (χ1v) is 4.96. The van der Waals surface area contributed by atoms with Gasteiger partial charge in [0.25, 0.3) is 0 Å². The smallest absolute Gasteiger partial charge is 0.131 e. The van der Waals surface area contributed by atoms with Crippen LogP contribution in [0, 0.1) is 6.92 Å². The van der Waals surface area contributed by atoms with Crippen molar-refractivity contribution >= 4 is 11.4 Å². The summed E-state index contributed by atoms with van der Waals surface area (Å²) in [6.07, 6.45) is 0. The van der Waals surface area contributed by atoms with Gasteiger partial charge in [0, 0.05) is 23.8 Å². The molecule has 0 bridgehead atoms. The number of hydrogen-bond acceptors (Lipinski definition) is 0. The van der Waals surface area contributed by atoms with Gasteiger partial charge in [0.2, 0.25) is 0 Å². The molecule has 0 fully saturated rings. The summed E-state index contributed by atoms with van der Waals surface area (Å²) < 4.78 is 0. The second-order valence-electron chi connectivity index (χ2n) is 3.45. The zero-order chi connectivity index (χ0) is 9.84. The van der Waals surface area contributed by atoms with Crippen molar-refractivity contribution in [1.82, 2.24) is 0 Å². The topological polar surface area (TPSA) is 32.1 Å². The molecule has 72 valence electrons. The minimum absolute atomic E-state index is 1.13.